The number of benzene rings is 2. The minimum Gasteiger partial charge on any atom is -0.465 e. The van der Waals surface area contributed by atoms with Crippen LogP contribution < -0.4 is 0 Å². The maximum atomic E-state index is 12.8. The fourth-order valence-corrected chi connectivity index (χ4v) is 5.82. The van der Waals surface area contributed by atoms with Crippen LogP contribution in [-0.4, -0.2) is 21.5 Å². The molecule has 0 atom stereocenters. The highest BCUT2D eigenvalue weighted by Crippen LogP contribution is 2.31. The monoisotopic (exact) mass is 494 g/mol. The SMILES string of the molecule is COC(=O)c1cc(S(=O)(=O)Cc2ccc(Cl)cc2Br)c(Br)cc1C. The number of carbonyl (C=O) groups is 1. The van der Waals surface area contributed by atoms with Crippen molar-refractivity contribution in [2.45, 2.75) is 17.6 Å². The van der Waals surface area contributed by atoms with Crippen molar-refractivity contribution >= 4 is 59.3 Å². The van der Waals surface area contributed by atoms with E-state index >= 15 is 0 Å². The second-order valence-electron chi connectivity index (χ2n) is 5.08. The predicted molar refractivity (Wildman–Crippen MR) is 100 cm³/mol. The number of methoxy groups -OCH3 is 1. The number of hydrogen-bond donors (Lipinski definition) is 0. The number of carbonyl (C=O) groups excluding carboxylic acids is 1. The highest BCUT2D eigenvalue weighted by Gasteiger charge is 2.23. The second-order valence-corrected chi connectivity index (χ2v) is 9.19. The molecule has 0 aliphatic heterocycles. The van der Waals surface area contributed by atoms with Gasteiger partial charge in [-0.2, -0.15) is 0 Å². The molecule has 0 heterocycles. The van der Waals surface area contributed by atoms with Crippen molar-refractivity contribution in [2.24, 2.45) is 0 Å². The van der Waals surface area contributed by atoms with Gasteiger partial charge in [-0.1, -0.05) is 33.6 Å². The molecule has 8 heteroatoms. The first-order valence-corrected chi connectivity index (χ1v) is 10.3. The third-order valence-electron chi connectivity index (χ3n) is 3.38. The number of esters is 1. The van der Waals surface area contributed by atoms with Gasteiger partial charge in [0, 0.05) is 14.0 Å². The summed E-state index contributed by atoms with van der Waals surface area (Å²) in [6.07, 6.45) is 0. The van der Waals surface area contributed by atoms with Crippen molar-refractivity contribution in [2.75, 3.05) is 7.11 Å². The van der Waals surface area contributed by atoms with Crippen molar-refractivity contribution in [3.05, 3.63) is 61.0 Å². The van der Waals surface area contributed by atoms with E-state index in [9.17, 15) is 13.2 Å². The molecule has 0 saturated heterocycles. The second kappa shape index (κ2) is 7.56. The number of aryl methyl sites for hydroxylation is 1. The molecule has 0 bridgehead atoms. The Bertz CT molecular complexity index is 911. The van der Waals surface area contributed by atoms with Crippen molar-refractivity contribution in [3.8, 4) is 0 Å². The van der Waals surface area contributed by atoms with E-state index in [1.54, 1.807) is 31.2 Å². The van der Waals surface area contributed by atoms with Crippen LogP contribution in [0.2, 0.25) is 5.02 Å². The van der Waals surface area contributed by atoms with Crippen LogP contribution in [0.4, 0.5) is 0 Å². The molecule has 0 N–H and O–H groups in total. The molecule has 0 aliphatic rings. The summed E-state index contributed by atoms with van der Waals surface area (Å²) in [6, 6.07) is 7.84. The summed E-state index contributed by atoms with van der Waals surface area (Å²) in [5.41, 5.74) is 1.42. The van der Waals surface area contributed by atoms with E-state index in [-0.39, 0.29) is 16.2 Å². The van der Waals surface area contributed by atoms with E-state index in [4.69, 9.17) is 16.3 Å². The highest BCUT2D eigenvalue weighted by molar-refractivity contribution is 9.10. The Morgan fingerprint density at radius 1 is 1.17 bits per heavy atom. The fourth-order valence-electron chi connectivity index (χ4n) is 2.14. The molecule has 0 fully saturated rings. The lowest BCUT2D eigenvalue weighted by atomic mass is 10.1. The summed E-state index contributed by atoms with van der Waals surface area (Å²) in [6.45, 7) is 1.71. The van der Waals surface area contributed by atoms with Gasteiger partial charge in [0.15, 0.2) is 9.84 Å². The van der Waals surface area contributed by atoms with E-state index < -0.39 is 15.8 Å². The molecule has 128 valence electrons. The maximum absolute atomic E-state index is 12.8. The van der Waals surface area contributed by atoms with Crippen LogP contribution in [0.3, 0.4) is 0 Å². The Kier molecular flexibility index (Phi) is 6.12. The lowest BCUT2D eigenvalue weighted by Gasteiger charge is -2.12. The molecular formula is C16H13Br2ClO4S. The molecule has 2 aromatic carbocycles. The van der Waals surface area contributed by atoms with Crippen LogP contribution in [0, 0.1) is 6.92 Å². The summed E-state index contributed by atoms with van der Waals surface area (Å²) in [7, 11) is -2.44. The fraction of sp³-hybridized carbons (Fsp3) is 0.188. The van der Waals surface area contributed by atoms with Gasteiger partial charge in [-0.15, -0.1) is 0 Å². The quantitative estimate of drug-likeness (QED) is 0.563. The molecule has 0 saturated carbocycles. The van der Waals surface area contributed by atoms with Gasteiger partial charge in [0.1, 0.15) is 0 Å². The first-order valence-electron chi connectivity index (χ1n) is 6.71. The summed E-state index contributed by atoms with van der Waals surface area (Å²) >= 11 is 12.5. The number of rotatable bonds is 4. The number of halogens is 3. The van der Waals surface area contributed by atoms with Crippen LogP contribution in [0.5, 0.6) is 0 Å². The molecule has 4 nitrogen and oxygen atoms in total. The first-order chi connectivity index (χ1) is 11.2. The zero-order valence-electron chi connectivity index (χ0n) is 12.8. The highest BCUT2D eigenvalue weighted by atomic mass is 79.9. The van der Waals surface area contributed by atoms with E-state index in [2.05, 4.69) is 31.9 Å². The van der Waals surface area contributed by atoms with Gasteiger partial charge in [0.05, 0.1) is 23.3 Å². The molecule has 0 unspecified atom stereocenters. The minimum absolute atomic E-state index is 0.0374. The zero-order chi connectivity index (χ0) is 18.1. The largest absolute Gasteiger partial charge is 0.465 e. The average molecular weight is 497 g/mol. The molecular weight excluding hydrogens is 484 g/mol. The Morgan fingerprint density at radius 2 is 1.83 bits per heavy atom. The summed E-state index contributed by atoms with van der Waals surface area (Å²) < 4.78 is 31.3. The Balaban J connectivity index is 2.51. The third kappa shape index (κ3) is 4.20. The van der Waals surface area contributed by atoms with Gasteiger partial charge < -0.3 is 4.74 Å². The molecule has 24 heavy (non-hydrogen) atoms. The van der Waals surface area contributed by atoms with Crippen molar-refractivity contribution < 1.29 is 17.9 Å². The van der Waals surface area contributed by atoms with Crippen LogP contribution in [0.1, 0.15) is 21.5 Å². The smallest absolute Gasteiger partial charge is 0.338 e. The number of sulfone groups is 1. The minimum atomic E-state index is -3.69. The van der Waals surface area contributed by atoms with Crippen LogP contribution in [-0.2, 0) is 20.3 Å². The van der Waals surface area contributed by atoms with Gasteiger partial charge in [-0.05, 0) is 58.2 Å². The summed E-state index contributed by atoms with van der Waals surface area (Å²) in [4.78, 5) is 11.9. The van der Waals surface area contributed by atoms with Crippen molar-refractivity contribution in [1.29, 1.82) is 0 Å². The lowest BCUT2D eigenvalue weighted by molar-refractivity contribution is 0.0599. The van der Waals surface area contributed by atoms with E-state index in [0.717, 1.165) is 0 Å². The van der Waals surface area contributed by atoms with Gasteiger partial charge in [0.25, 0.3) is 0 Å². The zero-order valence-corrected chi connectivity index (χ0v) is 17.5. The average Bonchev–Trinajstić information content (AvgIpc) is 2.49. The van der Waals surface area contributed by atoms with Gasteiger partial charge >= 0.3 is 5.97 Å². The van der Waals surface area contributed by atoms with E-state index in [0.29, 0.717) is 25.1 Å². The molecule has 2 aromatic rings. The van der Waals surface area contributed by atoms with Gasteiger partial charge in [-0.25, -0.2) is 13.2 Å². The lowest BCUT2D eigenvalue weighted by Crippen LogP contribution is -2.10. The topological polar surface area (TPSA) is 60.4 Å². The van der Waals surface area contributed by atoms with Gasteiger partial charge in [-0.3, -0.25) is 0 Å². The normalized spacial score (nSPS) is 11.4. The number of ether oxygens (including phenoxy) is 1. The molecule has 0 radical (unpaired) electrons. The predicted octanol–water partition coefficient (Wildman–Crippen LogP) is 4.93. The number of hydrogen-bond acceptors (Lipinski definition) is 4. The Hall–Kier alpha value is -0.890. The standard InChI is InChI=1S/C16H13Br2ClO4S/c1-9-5-14(18)15(7-12(9)16(20)23-2)24(21,22)8-10-3-4-11(19)6-13(10)17/h3-7H,8H2,1-2H3. The summed E-state index contributed by atoms with van der Waals surface area (Å²) in [5, 5.41) is 0.507. The summed E-state index contributed by atoms with van der Waals surface area (Å²) in [5.74, 6) is -0.809. The van der Waals surface area contributed by atoms with Crippen molar-refractivity contribution in [1.82, 2.24) is 0 Å². The Labute approximate surface area is 162 Å². The third-order valence-corrected chi connectivity index (χ3v) is 6.97. The van der Waals surface area contributed by atoms with Crippen LogP contribution >= 0.6 is 43.5 Å². The molecule has 0 aliphatic carbocycles. The van der Waals surface area contributed by atoms with Crippen molar-refractivity contribution in [3.63, 3.8) is 0 Å². The Morgan fingerprint density at radius 3 is 2.42 bits per heavy atom. The molecule has 0 amide bonds. The van der Waals surface area contributed by atoms with Crippen LogP contribution in [0.15, 0.2) is 44.2 Å². The maximum Gasteiger partial charge on any atom is 0.338 e. The molecule has 0 aromatic heterocycles. The van der Waals surface area contributed by atoms with Crippen LogP contribution in [0.25, 0.3) is 0 Å². The molecule has 2 rings (SSSR count). The first kappa shape index (κ1) is 19.4. The molecule has 0 spiro atoms. The van der Waals surface area contributed by atoms with Gasteiger partial charge in [0.2, 0.25) is 0 Å². The van der Waals surface area contributed by atoms with E-state index in [1.165, 1.54) is 13.2 Å². The van der Waals surface area contributed by atoms with E-state index in [1.807, 2.05) is 0 Å².